The number of hydrogen-bond donors (Lipinski definition) is 1. The smallest absolute Gasteiger partial charge is 0.134 e. The SMILES string of the molecule is COCCN(C)C(CN)c1c(C)oc2ccccc12. The van der Waals surface area contributed by atoms with Gasteiger partial charge in [0.15, 0.2) is 0 Å². The summed E-state index contributed by atoms with van der Waals surface area (Å²) < 4.78 is 11.0. The monoisotopic (exact) mass is 262 g/mol. The van der Waals surface area contributed by atoms with Crippen molar-refractivity contribution in [3.05, 3.63) is 35.6 Å². The van der Waals surface area contributed by atoms with Crippen molar-refractivity contribution in [2.24, 2.45) is 5.73 Å². The molecule has 1 aromatic carbocycles. The Bertz CT molecular complexity index is 536. The van der Waals surface area contributed by atoms with Gasteiger partial charge in [-0.15, -0.1) is 0 Å². The number of likely N-dealkylation sites (N-methyl/N-ethyl adjacent to an activating group) is 1. The average molecular weight is 262 g/mol. The number of methoxy groups -OCH3 is 1. The molecule has 1 atom stereocenters. The van der Waals surface area contributed by atoms with Crippen LogP contribution in [-0.2, 0) is 4.74 Å². The molecule has 0 bridgehead atoms. The van der Waals surface area contributed by atoms with Crippen LogP contribution in [0.2, 0.25) is 0 Å². The highest BCUT2D eigenvalue weighted by Gasteiger charge is 2.22. The van der Waals surface area contributed by atoms with E-state index in [0.717, 1.165) is 23.3 Å². The van der Waals surface area contributed by atoms with Crippen LogP contribution >= 0.6 is 0 Å². The third-order valence-corrected chi connectivity index (χ3v) is 3.56. The zero-order valence-electron chi connectivity index (χ0n) is 11.8. The number of benzene rings is 1. The average Bonchev–Trinajstić information content (AvgIpc) is 2.74. The number of furan rings is 1. The van der Waals surface area contributed by atoms with E-state index in [2.05, 4.69) is 18.0 Å². The summed E-state index contributed by atoms with van der Waals surface area (Å²) in [5.74, 6) is 0.945. The Kier molecular flexibility index (Phi) is 4.58. The van der Waals surface area contributed by atoms with Gasteiger partial charge in [-0.25, -0.2) is 0 Å². The fourth-order valence-corrected chi connectivity index (χ4v) is 2.51. The molecule has 1 heterocycles. The van der Waals surface area contributed by atoms with Gasteiger partial charge in [0, 0.05) is 31.1 Å². The van der Waals surface area contributed by atoms with Gasteiger partial charge in [-0.3, -0.25) is 4.90 Å². The summed E-state index contributed by atoms with van der Waals surface area (Å²) in [4.78, 5) is 2.22. The van der Waals surface area contributed by atoms with Crippen LogP contribution in [0.1, 0.15) is 17.4 Å². The first-order chi connectivity index (χ1) is 9.19. The molecule has 2 N–H and O–H groups in total. The van der Waals surface area contributed by atoms with Crippen LogP contribution < -0.4 is 5.73 Å². The minimum atomic E-state index is 0.152. The summed E-state index contributed by atoms with van der Waals surface area (Å²) >= 11 is 0. The molecular weight excluding hydrogens is 240 g/mol. The first kappa shape index (κ1) is 14.1. The predicted molar refractivity (Wildman–Crippen MR) is 77.3 cm³/mol. The minimum absolute atomic E-state index is 0.152. The third kappa shape index (κ3) is 2.81. The van der Waals surface area contributed by atoms with Crippen molar-refractivity contribution < 1.29 is 9.15 Å². The highest BCUT2D eigenvalue weighted by atomic mass is 16.5. The standard InChI is InChI=1S/C15H22N2O2/c1-11-15(12-6-4-5-7-14(12)19-11)13(10-16)17(2)8-9-18-3/h4-7,13H,8-10,16H2,1-3H3. The van der Waals surface area contributed by atoms with Gasteiger partial charge in [-0.05, 0) is 20.0 Å². The summed E-state index contributed by atoms with van der Waals surface area (Å²) in [5, 5.41) is 1.15. The zero-order valence-corrected chi connectivity index (χ0v) is 11.8. The van der Waals surface area contributed by atoms with E-state index in [4.69, 9.17) is 14.9 Å². The summed E-state index contributed by atoms with van der Waals surface area (Å²) in [7, 11) is 3.78. The lowest BCUT2D eigenvalue weighted by atomic mass is 10.0. The Hall–Kier alpha value is -1.36. The molecule has 0 spiro atoms. The minimum Gasteiger partial charge on any atom is -0.461 e. The lowest BCUT2D eigenvalue weighted by Crippen LogP contribution is -2.33. The van der Waals surface area contributed by atoms with Gasteiger partial charge in [-0.1, -0.05) is 18.2 Å². The molecule has 0 amide bonds. The van der Waals surface area contributed by atoms with Crippen molar-refractivity contribution in [3.63, 3.8) is 0 Å². The third-order valence-electron chi connectivity index (χ3n) is 3.56. The molecule has 19 heavy (non-hydrogen) atoms. The lowest BCUT2D eigenvalue weighted by Gasteiger charge is -2.26. The fraction of sp³-hybridized carbons (Fsp3) is 0.467. The Morgan fingerprint density at radius 1 is 1.37 bits per heavy atom. The van der Waals surface area contributed by atoms with Crippen molar-refractivity contribution in [1.29, 1.82) is 0 Å². The van der Waals surface area contributed by atoms with Crippen LogP contribution in [0.4, 0.5) is 0 Å². The molecule has 2 aromatic rings. The molecule has 4 heteroatoms. The summed E-state index contributed by atoms with van der Waals surface area (Å²) in [5.41, 5.74) is 8.09. The number of fused-ring (bicyclic) bond motifs is 1. The fourth-order valence-electron chi connectivity index (χ4n) is 2.51. The van der Waals surface area contributed by atoms with E-state index >= 15 is 0 Å². The second-order valence-electron chi connectivity index (χ2n) is 4.79. The van der Waals surface area contributed by atoms with E-state index in [1.165, 1.54) is 5.56 Å². The summed E-state index contributed by atoms with van der Waals surface area (Å²) in [6, 6.07) is 8.26. The van der Waals surface area contributed by atoms with Gasteiger partial charge in [-0.2, -0.15) is 0 Å². The Balaban J connectivity index is 2.37. The quantitative estimate of drug-likeness (QED) is 0.868. The zero-order chi connectivity index (χ0) is 13.8. The molecule has 104 valence electrons. The highest BCUT2D eigenvalue weighted by molar-refractivity contribution is 5.82. The number of aryl methyl sites for hydroxylation is 1. The lowest BCUT2D eigenvalue weighted by molar-refractivity contribution is 0.140. The number of rotatable bonds is 6. The molecule has 0 aliphatic heterocycles. The molecule has 0 radical (unpaired) electrons. The van der Waals surface area contributed by atoms with Crippen molar-refractivity contribution in [3.8, 4) is 0 Å². The second kappa shape index (κ2) is 6.19. The molecule has 1 unspecified atom stereocenters. The van der Waals surface area contributed by atoms with E-state index in [9.17, 15) is 0 Å². The van der Waals surface area contributed by atoms with Gasteiger partial charge in [0.1, 0.15) is 11.3 Å². The molecular formula is C15H22N2O2. The number of nitrogens with two attached hydrogens (primary N) is 1. The Labute approximate surface area is 114 Å². The number of para-hydroxylation sites is 1. The van der Waals surface area contributed by atoms with Gasteiger partial charge in [0.25, 0.3) is 0 Å². The van der Waals surface area contributed by atoms with E-state index in [-0.39, 0.29) is 6.04 Å². The molecule has 0 fully saturated rings. The van der Waals surface area contributed by atoms with Crippen LogP contribution in [0.25, 0.3) is 11.0 Å². The number of hydrogen-bond acceptors (Lipinski definition) is 4. The molecule has 0 saturated carbocycles. The van der Waals surface area contributed by atoms with Crippen molar-refractivity contribution in [2.45, 2.75) is 13.0 Å². The summed E-state index contributed by atoms with van der Waals surface area (Å²) in [6.07, 6.45) is 0. The van der Waals surface area contributed by atoms with Crippen LogP contribution in [0.3, 0.4) is 0 Å². The van der Waals surface area contributed by atoms with Crippen LogP contribution in [0, 0.1) is 6.92 Å². The summed E-state index contributed by atoms with van der Waals surface area (Å²) in [6.45, 7) is 4.10. The highest BCUT2D eigenvalue weighted by Crippen LogP contribution is 2.32. The van der Waals surface area contributed by atoms with Crippen LogP contribution in [0.5, 0.6) is 0 Å². The van der Waals surface area contributed by atoms with Crippen molar-refractivity contribution in [2.75, 3.05) is 33.9 Å². The van der Waals surface area contributed by atoms with Crippen LogP contribution in [-0.4, -0.2) is 38.8 Å². The maximum absolute atomic E-state index is 5.97. The van der Waals surface area contributed by atoms with E-state index in [1.54, 1.807) is 7.11 Å². The second-order valence-corrected chi connectivity index (χ2v) is 4.79. The molecule has 0 aliphatic rings. The van der Waals surface area contributed by atoms with Crippen molar-refractivity contribution in [1.82, 2.24) is 4.90 Å². The van der Waals surface area contributed by atoms with E-state index in [0.29, 0.717) is 13.2 Å². The first-order valence-electron chi connectivity index (χ1n) is 6.56. The predicted octanol–water partition coefficient (Wildman–Crippen LogP) is 2.32. The van der Waals surface area contributed by atoms with Gasteiger partial charge in [0.2, 0.25) is 0 Å². The molecule has 0 saturated heterocycles. The van der Waals surface area contributed by atoms with E-state index < -0.39 is 0 Å². The number of ether oxygens (including phenoxy) is 1. The topological polar surface area (TPSA) is 51.6 Å². The molecule has 0 aliphatic carbocycles. The van der Waals surface area contributed by atoms with Crippen molar-refractivity contribution >= 4 is 11.0 Å². The Morgan fingerprint density at radius 2 is 2.11 bits per heavy atom. The first-order valence-corrected chi connectivity index (χ1v) is 6.56. The number of nitrogens with zero attached hydrogens (tertiary/aromatic N) is 1. The largest absolute Gasteiger partial charge is 0.461 e. The van der Waals surface area contributed by atoms with Gasteiger partial charge >= 0.3 is 0 Å². The maximum atomic E-state index is 5.97. The molecule has 1 aromatic heterocycles. The van der Waals surface area contributed by atoms with Crippen LogP contribution in [0.15, 0.2) is 28.7 Å². The normalized spacial score (nSPS) is 13.3. The maximum Gasteiger partial charge on any atom is 0.134 e. The van der Waals surface area contributed by atoms with E-state index in [1.807, 2.05) is 25.1 Å². The molecule has 4 nitrogen and oxygen atoms in total. The molecule has 2 rings (SSSR count). The van der Waals surface area contributed by atoms with Gasteiger partial charge in [0.05, 0.1) is 12.6 Å². The Morgan fingerprint density at radius 3 is 2.79 bits per heavy atom. The van der Waals surface area contributed by atoms with Gasteiger partial charge < -0.3 is 14.9 Å².